The van der Waals surface area contributed by atoms with Crippen molar-refractivity contribution < 1.29 is 13.2 Å². The van der Waals surface area contributed by atoms with E-state index in [1.54, 1.807) is 19.2 Å². The van der Waals surface area contributed by atoms with Crippen LogP contribution in [-0.2, 0) is 9.84 Å². The van der Waals surface area contributed by atoms with Crippen LogP contribution < -0.4 is 0 Å². The summed E-state index contributed by atoms with van der Waals surface area (Å²) in [5, 5.41) is 0.724. The number of carbonyl (C=O) groups excluding carboxylic acids is 1. The van der Waals surface area contributed by atoms with Gasteiger partial charge in [0.15, 0.2) is 9.84 Å². The van der Waals surface area contributed by atoms with E-state index in [-0.39, 0.29) is 23.5 Å². The number of nitrogens with zero attached hydrogens (tertiary/aromatic N) is 1. The minimum Gasteiger partial charge on any atom is -0.338 e. The Bertz CT molecular complexity index is 615. The fourth-order valence-electron chi connectivity index (χ4n) is 2.10. The van der Waals surface area contributed by atoms with Crippen molar-refractivity contribution in [3.8, 4) is 0 Å². The number of benzene rings is 1. The van der Waals surface area contributed by atoms with E-state index < -0.39 is 9.84 Å². The monoisotopic (exact) mass is 321 g/mol. The second kappa shape index (κ2) is 5.31. The quantitative estimate of drug-likeness (QED) is 0.839. The maximum atomic E-state index is 12.3. The minimum atomic E-state index is -3.03. The second-order valence-corrected chi connectivity index (χ2v) is 7.67. The predicted molar refractivity (Wildman–Crippen MR) is 75.6 cm³/mol. The molecule has 1 saturated heterocycles. The fourth-order valence-corrected chi connectivity index (χ4v) is 4.24. The van der Waals surface area contributed by atoms with Crippen molar-refractivity contribution >= 4 is 38.9 Å². The molecule has 0 spiro atoms. The van der Waals surface area contributed by atoms with Gasteiger partial charge in [0.2, 0.25) is 0 Å². The molecule has 0 N–H and O–H groups in total. The largest absolute Gasteiger partial charge is 0.338 e. The topological polar surface area (TPSA) is 54.5 Å². The van der Waals surface area contributed by atoms with Crippen LogP contribution in [0.3, 0.4) is 0 Å². The first-order valence-corrected chi connectivity index (χ1v) is 8.30. The molecule has 0 saturated carbocycles. The average Bonchev–Trinajstić information content (AvgIpc) is 2.71. The Morgan fingerprint density at radius 2 is 2.05 bits per heavy atom. The lowest BCUT2D eigenvalue weighted by Gasteiger charge is -2.23. The molecule has 1 atom stereocenters. The molecule has 1 aliphatic rings. The van der Waals surface area contributed by atoms with Gasteiger partial charge in [0.05, 0.1) is 22.1 Å². The van der Waals surface area contributed by atoms with Crippen molar-refractivity contribution in [2.75, 3.05) is 18.6 Å². The molecule has 1 aromatic carbocycles. The van der Waals surface area contributed by atoms with Crippen LogP contribution in [0.2, 0.25) is 10.0 Å². The van der Waals surface area contributed by atoms with Gasteiger partial charge in [-0.3, -0.25) is 4.79 Å². The molecule has 0 unspecified atom stereocenters. The zero-order valence-corrected chi connectivity index (χ0v) is 12.6. The highest BCUT2D eigenvalue weighted by Crippen LogP contribution is 2.24. The summed E-state index contributed by atoms with van der Waals surface area (Å²) in [5.74, 6) is -0.180. The summed E-state index contributed by atoms with van der Waals surface area (Å²) in [5.41, 5.74) is 0.293. The van der Waals surface area contributed by atoms with Gasteiger partial charge in [-0.1, -0.05) is 23.2 Å². The number of hydrogen-bond donors (Lipinski definition) is 0. The maximum absolute atomic E-state index is 12.3. The molecule has 7 heteroatoms. The van der Waals surface area contributed by atoms with Gasteiger partial charge in [-0.15, -0.1) is 0 Å². The molecule has 4 nitrogen and oxygen atoms in total. The third-order valence-corrected chi connectivity index (χ3v) is 5.55. The molecular formula is C12H13Cl2NO3S. The summed E-state index contributed by atoms with van der Waals surface area (Å²) in [7, 11) is -1.44. The van der Waals surface area contributed by atoms with E-state index in [0.717, 1.165) is 0 Å². The highest BCUT2D eigenvalue weighted by Gasteiger charge is 2.33. The van der Waals surface area contributed by atoms with Crippen LogP contribution in [0.15, 0.2) is 18.2 Å². The van der Waals surface area contributed by atoms with Gasteiger partial charge in [0.25, 0.3) is 5.91 Å². The van der Waals surface area contributed by atoms with Crippen LogP contribution in [0.5, 0.6) is 0 Å². The molecular weight excluding hydrogens is 309 g/mol. The van der Waals surface area contributed by atoms with Gasteiger partial charge in [-0.05, 0) is 24.6 Å². The zero-order chi connectivity index (χ0) is 14.2. The Morgan fingerprint density at radius 3 is 2.63 bits per heavy atom. The predicted octanol–water partition coefficient (Wildman–Crippen LogP) is 2.25. The van der Waals surface area contributed by atoms with E-state index in [1.807, 2.05) is 0 Å². The molecule has 1 heterocycles. The summed E-state index contributed by atoms with van der Waals surface area (Å²) < 4.78 is 22.9. The third kappa shape index (κ3) is 3.22. The maximum Gasteiger partial charge on any atom is 0.255 e. The molecule has 0 radical (unpaired) electrons. The molecule has 1 amide bonds. The van der Waals surface area contributed by atoms with Crippen LogP contribution in [0.1, 0.15) is 16.8 Å². The average molecular weight is 322 g/mol. The SMILES string of the molecule is CN(C(=O)c1cc(Cl)ccc1Cl)[C@@H]1CCS(=O)(=O)C1. The van der Waals surface area contributed by atoms with E-state index in [1.165, 1.54) is 11.0 Å². The van der Waals surface area contributed by atoms with E-state index in [4.69, 9.17) is 23.2 Å². The standard InChI is InChI=1S/C12H13Cl2NO3S/c1-15(9-4-5-19(17,18)7-9)12(16)10-6-8(13)2-3-11(10)14/h2-3,6,9H,4-5,7H2,1H3/t9-/m1/s1. The molecule has 1 aromatic rings. The van der Waals surface area contributed by atoms with Crippen molar-refractivity contribution in [3.63, 3.8) is 0 Å². The van der Waals surface area contributed by atoms with Gasteiger partial charge >= 0.3 is 0 Å². The summed E-state index contributed by atoms with van der Waals surface area (Å²) >= 11 is 11.8. The van der Waals surface area contributed by atoms with Crippen molar-refractivity contribution in [1.82, 2.24) is 4.90 Å². The number of carbonyl (C=O) groups is 1. The molecule has 0 bridgehead atoms. The molecule has 0 aromatic heterocycles. The van der Waals surface area contributed by atoms with Crippen LogP contribution >= 0.6 is 23.2 Å². The molecule has 19 heavy (non-hydrogen) atoms. The van der Waals surface area contributed by atoms with Crippen LogP contribution in [0.25, 0.3) is 0 Å². The van der Waals surface area contributed by atoms with Crippen molar-refractivity contribution in [3.05, 3.63) is 33.8 Å². The Balaban J connectivity index is 2.22. The third-order valence-electron chi connectivity index (χ3n) is 3.24. The molecule has 1 aliphatic heterocycles. The Morgan fingerprint density at radius 1 is 1.37 bits per heavy atom. The van der Waals surface area contributed by atoms with Gasteiger partial charge in [0.1, 0.15) is 0 Å². The van der Waals surface area contributed by atoms with E-state index in [0.29, 0.717) is 22.0 Å². The minimum absolute atomic E-state index is 0.00737. The van der Waals surface area contributed by atoms with Gasteiger partial charge in [0, 0.05) is 18.1 Å². The van der Waals surface area contributed by atoms with Crippen LogP contribution in [-0.4, -0.2) is 43.8 Å². The van der Waals surface area contributed by atoms with Gasteiger partial charge in [-0.2, -0.15) is 0 Å². The normalized spacial score (nSPS) is 21.3. The zero-order valence-electron chi connectivity index (χ0n) is 10.3. The molecule has 2 rings (SSSR count). The summed E-state index contributed by atoms with van der Waals surface area (Å²) in [6.45, 7) is 0. The van der Waals surface area contributed by atoms with Crippen molar-refractivity contribution in [1.29, 1.82) is 0 Å². The number of amides is 1. The Kier molecular flexibility index (Phi) is 4.08. The highest BCUT2D eigenvalue weighted by molar-refractivity contribution is 7.91. The smallest absolute Gasteiger partial charge is 0.255 e. The Labute approximate surface area is 122 Å². The lowest BCUT2D eigenvalue weighted by atomic mass is 10.1. The first kappa shape index (κ1) is 14.6. The molecule has 104 valence electrons. The van der Waals surface area contributed by atoms with Crippen LogP contribution in [0.4, 0.5) is 0 Å². The van der Waals surface area contributed by atoms with E-state index in [2.05, 4.69) is 0 Å². The van der Waals surface area contributed by atoms with Crippen molar-refractivity contribution in [2.45, 2.75) is 12.5 Å². The number of hydrogen-bond acceptors (Lipinski definition) is 3. The first-order valence-electron chi connectivity index (χ1n) is 5.73. The lowest BCUT2D eigenvalue weighted by molar-refractivity contribution is 0.0748. The lowest BCUT2D eigenvalue weighted by Crippen LogP contribution is -2.37. The van der Waals surface area contributed by atoms with Gasteiger partial charge < -0.3 is 4.90 Å². The summed E-state index contributed by atoms with van der Waals surface area (Å²) in [4.78, 5) is 13.7. The van der Waals surface area contributed by atoms with E-state index in [9.17, 15) is 13.2 Å². The van der Waals surface area contributed by atoms with Crippen LogP contribution in [0, 0.1) is 0 Å². The number of halogens is 2. The molecule has 1 fully saturated rings. The summed E-state index contributed by atoms with van der Waals surface area (Å²) in [6, 6.07) is 4.34. The van der Waals surface area contributed by atoms with E-state index >= 15 is 0 Å². The second-order valence-electron chi connectivity index (χ2n) is 4.60. The number of sulfone groups is 1. The Hall–Kier alpha value is -0.780. The first-order chi connectivity index (χ1) is 8.80. The number of rotatable bonds is 2. The van der Waals surface area contributed by atoms with Crippen molar-refractivity contribution in [2.24, 2.45) is 0 Å². The van der Waals surface area contributed by atoms with Gasteiger partial charge in [-0.25, -0.2) is 8.42 Å². The molecule has 0 aliphatic carbocycles. The summed E-state index contributed by atoms with van der Waals surface area (Å²) in [6.07, 6.45) is 0.461. The fraction of sp³-hybridized carbons (Fsp3) is 0.417. The highest BCUT2D eigenvalue weighted by atomic mass is 35.5.